The summed E-state index contributed by atoms with van der Waals surface area (Å²) < 4.78 is 0. The fourth-order valence-electron chi connectivity index (χ4n) is 10.3. The average molecular weight is 1020 g/mol. The van der Waals surface area contributed by atoms with Gasteiger partial charge in [-0.05, 0) is 113 Å². The minimum Gasteiger partial charge on any atom is -0.360 e. The van der Waals surface area contributed by atoms with Crippen molar-refractivity contribution in [1.82, 2.24) is 45.4 Å². The minimum absolute atomic E-state index is 0.0374. The molecule has 2 aromatic carbocycles. The minimum atomic E-state index is -0.509. The quantitative estimate of drug-likeness (QED) is 0.0506. The number of H-pyrrole nitrogens is 2. The number of benzene rings is 2. The Kier molecular flexibility index (Phi) is 17.4. The summed E-state index contributed by atoms with van der Waals surface area (Å²) in [6, 6.07) is 16.3. The highest BCUT2D eigenvalue weighted by atomic mass is 35.5. The molecule has 0 unspecified atom stereocenters. The smallest absolute Gasteiger partial charge is 0.246 e. The van der Waals surface area contributed by atoms with Crippen molar-refractivity contribution in [2.45, 2.75) is 120 Å². The van der Waals surface area contributed by atoms with E-state index in [9.17, 15) is 19.2 Å². The summed E-state index contributed by atoms with van der Waals surface area (Å²) in [5, 5.41) is 16.1. The van der Waals surface area contributed by atoms with Gasteiger partial charge in [0, 0.05) is 82.0 Å². The number of hydrogen-bond acceptors (Lipinski definition) is 10. The molecular formula is C53H60Cl3N11O4. The van der Waals surface area contributed by atoms with Gasteiger partial charge in [0.2, 0.25) is 34.9 Å². The van der Waals surface area contributed by atoms with E-state index in [0.717, 1.165) is 115 Å². The van der Waals surface area contributed by atoms with E-state index in [2.05, 4.69) is 60.4 Å². The Balaban J connectivity index is 0.000000175. The Hall–Kier alpha value is -6.29. The van der Waals surface area contributed by atoms with Crippen molar-refractivity contribution in [1.29, 1.82) is 0 Å². The van der Waals surface area contributed by atoms with Crippen molar-refractivity contribution in [3.8, 4) is 22.5 Å². The Morgan fingerprint density at radius 2 is 1.10 bits per heavy atom. The van der Waals surface area contributed by atoms with Gasteiger partial charge in [0.25, 0.3) is 0 Å². The molecule has 6 N–H and O–H groups in total. The molecule has 10 rings (SSSR count). The molecule has 4 fully saturated rings. The van der Waals surface area contributed by atoms with Crippen molar-refractivity contribution >= 4 is 91.5 Å². The third-order valence-corrected chi connectivity index (χ3v) is 14.5. The Morgan fingerprint density at radius 3 is 1.59 bits per heavy atom. The van der Waals surface area contributed by atoms with Gasteiger partial charge in [-0.1, -0.05) is 85.6 Å². The number of carbonyl (C=O) groups is 4. The molecule has 4 aromatic heterocycles. The predicted octanol–water partition coefficient (Wildman–Crippen LogP) is 10.5. The van der Waals surface area contributed by atoms with Crippen LogP contribution in [0, 0.1) is 5.92 Å². The van der Waals surface area contributed by atoms with Crippen molar-refractivity contribution in [2.24, 2.45) is 5.92 Å². The summed E-state index contributed by atoms with van der Waals surface area (Å²) in [7, 11) is 0. The van der Waals surface area contributed by atoms with Gasteiger partial charge in [-0.2, -0.15) is 0 Å². The van der Waals surface area contributed by atoms with E-state index in [-0.39, 0.29) is 47.8 Å². The number of nitrogens with zero attached hydrogens (tertiary/aromatic N) is 5. The van der Waals surface area contributed by atoms with Crippen molar-refractivity contribution < 1.29 is 19.2 Å². The third kappa shape index (κ3) is 13.0. The molecule has 1 aliphatic heterocycles. The van der Waals surface area contributed by atoms with Crippen molar-refractivity contribution in [3.63, 3.8) is 0 Å². The van der Waals surface area contributed by atoms with Gasteiger partial charge < -0.3 is 36.1 Å². The second-order valence-corrected chi connectivity index (χ2v) is 19.8. The van der Waals surface area contributed by atoms with Gasteiger partial charge in [0.05, 0.1) is 33.8 Å². The number of nitrogens with one attached hydrogen (secondary N) is 6. The number of halogens is 3. The second-order valence-electron chi connectivity index (χ2n) is 18.6. The standard InChI is InChI=1S/C26H29ClN6O2.C24H28ClN5O.C3H3ClO/c1-2-23(34)33-12-6-11-22(33)25(35)30-16-7-5-8-17(13-16)31-26-29-15-20(27)24(32-26)19-14-28-21-10-4-3-9-18(19)21;25-20-14-27-24(30-22(20)19-13-26-21-11-4-3-10-18(19)21)29-17-9-5-8-16(12-17)28-23(31)15-6-1-2-7-15;1-2-3(4)5/h2-4,9-10,14-17,22,28H,1,5-8,11-13H2,(H,30,35)(H,29,31,32);3-4,10-11,13-17,26H,1-2,5-9,12H2,(H,28,31)(H,27,29,30);2H,1H2/t16-,17+,22-;16-,17+;/m00./s1. The Morgan fingerprint density at radius 1 is 0.620 bits per heavy atom. The number of amides is 3. The number of rotatable bonds is 12. The first kappa shape index (κ1) is 51.1. The van der Waals surface area contributed by atoms with E-state index in [1.807, 2.05) is 54.9 Å². The monoisotopic (exact) mass is 1020 g/mol. The van der Waals surface area contributed by atoms with Crippen LogP contribution in [-0.4, -0.2) is 94.5 Å². The highest BCUT2D eigenvalue weighted by Gasteiger charge is 2.35. The summed E-state index contributed by atoms with van der Waals surface area (Å²) in [4.78, 5) is 73.5. The molecule has 18 heteroatoms. The van der Waals surface area contributed by atoms with Crippen molar-refractivity contribution in [2.75, 3.05) is 17.2 Å². The maximum absolute atomic E-state index is 12.9. The van der Waals surface area contributed by atoms with Crippen LogP contribution in [0.25, 0.3) is 44.3 Å². The predicted molar refractivity (Wildman–Crippen MR) is 282 cm³/mol. The number of fused-ring (bicyclic) bond motifs is 2. The molecule has 6 aromatic rings. The van der Waals surface area contributed by atoms with Gasteiger partial charge in [-0.15, -0.1) is 0 Å². The molecule has 3 amide bonds. The lowest BCUT2D eigenvalue weighted by atomic mass is 9.90. The highest BCUT2D eigenvalue weighted by Crippen LogP contribution is 2.35. The molecule has 5 atom stereocenters. The van der Waals surface area contributed by atoms with Crippen LogP contribution in [0.1, 0.15) is 89.9 Å². The molecule has 5 heterocycles. The van der Waals surface area contributed by atoms with Crippen LogP contribution in [0.4, 0.5) is 11.9 Å². The lowest BCUT2D eigenvalue weighted by Gasteiger charge is -2.32. The zero-order valence-electron chi connectivity index (χ0n) is 39.6. The topological polar surface area (TPSA) is 203 Å². The van der Waals surface area contributed by atoms with Crippen LogP contribution < -0.4 is 21.3 Å². The van der Waals surface area contributed by atoms with E-state index in [0.29, 0.717) is 40.6 Å². The Bertz CT molecular complexity index is 2860. The van der Waals surface area contributed by atoms with Gasteiger partial charge in [0.1, 0.15) is 6.04 Å². The normalized spacial score (nSPS) is 21.0. The molecule has 0 spiro atoms. The summed E-state index contributed by atoms with van der Waals surface area (Å²) in [5.74, 6) is 1.30. The first-order valence-corrected chi connectivity index (χ1v) is 25.7. The van der Waals surface area contributed by atoms with E-state index in [4.69, 9.17) is 44.8 Å². The molecule has 1 saturated heterocycles. The zero-order chi connectivity index (χ0) is 49.9. The number of anilines is 2. The van der Waals surface area contributed by atoms with Crippen LogP contribution in [0.15, 0.2) is 98.6 Å². The molecule has 0 bridgehead atoms. The molecule has 71 heavy (non-hydrogen) atoms. The van der Waals surface area contributed by atoms with Gasteiger partial charge >= 0.3 is 0 Å². The largest absolute Gasteiger partial charge is 0.360 e. The van der Waals surface area contributed by atoms with Crippen LogP contribution in [0.5, 0.6) is 0 Å². The number of aromatic amines is 2. The molecule has 0 radical (unpaired) electrons. The third-order valence-electron chi connectivity index (χ3n) is 13.8. The summed E-state index contributed by atoms with van der Waals surface area (Å²) >= 11 is 17.6. The second kappa shape index (κ2) is 24.2. The molecule has 3 saturated carbocycles. The molecule has 15 nitrogen and oxygen atoms in total. The van der Waals surface area contributed by atoms with E-state index >= 15 is 0 Å². The summed E-state index contributed by atoms with van der Waals surface area (Å²) in [6.07, 6.45) is 23.1. The van der Waals surface area contributed by atoms with Crippen LogP contribution >= 0.6 is 34.8 Å². The van der Waals surface area contributed by atoms with Gasteiger partial charge in [0.15, 0.2) is 0 Å². The molecule has 3 aliphatic carbocycles. The fourth-order valence-corrected chi connectivity index (χ4v) is 10.7. The van der Waals surface area contributed by atoms with Gasteiger partial charge in [-0.3, -0.25) is 19.2 Å². The maximum atomic E-state index is 12.9. The van der Waals surface area contributed by atoms with Crippen molar-refractivity contribution in [3.05, 3.63) is 109 Å². The fraction of sp³-hybridized carbons (Fsp3) is 0.396. The lowest BCUT2D eigenvalue weighted by Crippen LogP contribution is -2.50. The van der Waals surface area contributed by atoms with Crippen LogP contribution in [-0.2, 0) is 19.2 Å². The average Bonchev–Trinajstić information content (AvgIpc) is 4.24. The molecule has 372 valence electrons. The summed E-state index contributed by atoms with van der Waals surface area (Å²) in [5.41, 5.74) is 5.37. The highest BCUT2D eigenvalue weighted by molar-refractivity contribution is 6.66. The van der Waals surface area contributed by atoms with Crippen LogP contribution in [0.3, 0.4) is 0 Å². The first-order valence-electron chi connectivity index (χ1n) is 24.5. The number of allylic oxidation sites excluding steroid dienone is 1. The van der Waals surface area contributed by atoms with Crippen LogP contribution in [0.2, 0.25) is 10.0 Å². The van der Waals surface area contributed by atoms with E-state index < -0.39 is 11.3 Å². The number of aromatic nitrogens is 6. The maximum Gasteiger partial charge on any atom is 0.246 e. The SMILES string of the molecule is C=CC(=O)Cl.C=CC(=O)N1CCC[C@H]1C(=O)N[C@H]1CCC[C@@H](Nc2ncc(Cl)c(-c3c[nH]c4ccccc34)n2)C1.O=C(N[C@H]1CCC[C@@H](Nc2ncc(Cl)c(-c3c[nH]c4ccccc34)n2)C1)C1CCCC1. The van der Waals surface area contributed by atoms with E-state index in [1.54, 1.807) is 17.3 Å². The zero-order valence-corrected chi connectivity index (χ0v) is 41.8. The number of hydrogen-bond donors (Lipinski definition) is 6. The Labute approximate surface area is 428 Å². The first-order chi connectivity index (χ1) is 34.5. The number of likely N-dealkylation sites (tertiary alicyclic amines) is 1. The number of para-hydroxylation sites is 2. The van der Waals surface area contributed by atoms with Gasteiger partial charge in [-0.25, -0.2) is 19.9 Å². The molecular weight excluding hydrogens is 961 g/mol. The molecule has 4 aliphatic rings. The van der Waals surface area contributed by atoms with E-state index in [1.165, 1.54) is 18.9 Å². The number of carbonyl (C=O) groups excluding carboxylic acids is 4. The summed E-state index contributed by atoms with van der Waals surface area (Å²) in [6.45, 7) is 7.23. The lowest BCUT2D eigenvalue weighted by molar-refractivity contribution is -0.135.